The van der Waals surface area contributed by atoms with E-state index in [0.29, 0.717) is 17.8 Å². The van der Waals surface area contributed by atoms with E-state index < -0.39 is 11.7 Å². The first-order chi connectivity index (χ1) is 6.57. The molecule has 1 heterocycles. The Bertz CT molecular complexity index is 379. The molecule has 0 saturated heterocycles. The predicted molar refractivity (Wildman–Crippen MR) is 47.1 cm³/mol. The van der Waals surface area contributed by atoms with E-state index in [0.717, 1.165) is 12.1 Å². The van der Waals surface area contributed by atoms with E-state index >= 15 is 0 Å². The molecular weight excluding hydrogens is 191 g/mol. The second-order valence-electron chi connectivity index (χ2n) is 3.01. The molecule has 14 heavy (non-hydrogen) atoms. The van der Waals surface area contributed by atoms with Crippen LogP contribution in [0.1, 0.15) is 11.1 Å². The quantitative estimate of drug-likeness (QED) is 0.608. The Hall–Kier alpha value is -1.45. The summed E-state index contributed by atoms with van der Waals surface area (Å²) in [5.41, 5.74) is 0.532. The lowest BCUT2D eigenvalue weighted by atomic mass is 10.1. The number of benzene rings is 1. The zero-order valence-corrected chi connectivity index (χ0v) is 7.17. The minimum atomic E-state index is -4.28. The van der Waals surface area contributed by atoms with Gasteiger partial charge in [-0.3, -0.25) is 5.32 Å². The lowest BCUT2D eigenvalue weighted by molar-refractivity contribution is -0.137. The van der Waals surface area contributed by atoms with Crippen molar-refractivity contribution in [1.29, 1.82) is 0 Å². The van der Waals surface area contributed by atoms with Gasteiger partial charge in [0.25, 0.3) is 0 Å². The fraction of sp³-hybridized carbons (Fsp3) is 0.200. The second-order valence-corrected chi connectivity index (χ2v) is 3.01. The highest BCUT2D eigenvalue weighted by molar-refractivity contribution is 5.66. The van der Waals surface area contributed by atoms with Gasteiger partial charge in [0, 0.05) is 5.56 Å². The lowest BCUT2D eigenvalue weighted by Gasteiger charge is -2.13. The van der Waals surface area contributed by atoms with Gasteiger partial charge in [0.2, 0.25) is 0 Å². The van der Waals surface area contributed by atoms with Crippen LogP contribution in [0.15, 0.2) is 24.3 Å². The van der Waals surface area contributed by atoms with E-state index in [2.05, 4.69) is 5.32 Å². The molecule has 1 aliphatic rings. The molecule has 0 aliphatic carbocycles. The maximum Gasteiger partial charge on any atom is 0.416 e. The molecule has 1 aromatic carbocycles. The van der Waals surface area contributed by atoms with Gasteiger partial charge >= 0.3 is 6.18 Å². The largest absolute Gasteiger partial charge is 0.416 e. The van der Waals surface area contributed by atoms with Crippen LogP contribution in [0.5, 0.6) is 0 Å². The predicted octanol–water partition coefficient (Wildman–Crippen LogP) is 2.97. The molecule has 73 valence electrons. The average Bonchev–Trinajstić information content (AvgIpc) is 2.16. The maximum atomic E-state index is 12.3. The molecule has 0 fully saturated rings. The van der Waals surface area contributed by atoms with Gasteiger partial charge < -0.3 is 0 Å². The zero-order chi connectivity index (χ0) is 10.2. The van der Waals surface area contributed by atoms with Crippen molar-refractivity contribution in [1.82, 2.24) is 5.32 Å². The molecule has 0 unspecified atom stereocenters. The third kappa shape index (κ3) is 1.60. The normalized spacial score (nSPS) is 14.8. The van der Waals surface area contributed by atoms with Crippen LogP contribution in [0.25, 0.3) is 6.08 Å². The Balaban J connectivity index is 2.45. The summed E-state index contributed by atoms with van der Waals surface area (Å²) < 4.78 is 36.9. The molecule has 1 aromatic rings. The fourth-order valence-corrected chi connectivity index (χ4v) is 1.34. The molecule has 1 nitrogen and oxygen atoms in total. The van der Waals surface area contributed by atoms with Gasteiger partial charge in [-0.2, -0.15) is 13.2 Å². The van der Waals surface area contributed by atoms with Crippen molar-refractivity contribution in [2.24, 2.45) is 0 Å². The van der Waals surface area contributed by atoms with Crippen LogP contribution >= 0.6 is 0 Å². The summed E-state index contributed by atoms with van der Waals surface area (Å²) in [5.74, 6) is 0. The van der Waals surface area contributed by atoms with Crippen molar-refractivity contribution < 1.29 is 13.2 Å². The van der Waals surface area contributed by atoms with E-state index in [-0.39, 0.29) is 0 Å². The van der Waals surface area contributed by atoms with Crippen molar-refractivity contribution in [2.45, 2.75) is 6.18 Å². The summed E-state index contributed by atoms with van der Waals surface area (Å²) in [6, 6.07) is 3.58. The van der Waals surface area contributed by atoms with Gasteiger partial charge in [-0.1, -0.05) is 12.2 Å². The first kappa shape index (κ1) is 9.12. The van der Waals surface area contributed by atoms with E-state index in [1.165, 1.54) is 6.07 Å². The topological polar surface area (TPSA) is 14.1 Å². The van der Waals surface area contributed by atoms with Crippen molar-refractivity contribution in [3.05, 3.63) is 35.4 Å². The van der Waals surface area contributed by atoms with Crippen LogP contribution in [-0.4, -0.2) is 6.54 Å². The number of halogens is 3. The van der Waals surface area contributed by atoms with Crippen LogP contribution in [0, 0.1) is 0 Å². The molecule has 1 aliphatic heterocycles. The molecule has 0 atom stereocenters. The van der Waals surface area contributed by atoms with Crippen LogP contribution in [0.4, 0.5) is 18.9 Å². The highest BCUT2D eigenvalue weighted by Crippen LogP contribution is 2.32. The Morgan fingerprint density at radius 1 is 1.21 bits per heavy atom. The molecule has 1 radical (unpaired) electrons. The van der Waals surface area contributed by atoms with Gasteiger partial charge in [-0.15, -0.1) is 0 Å². The molecule has 0 spiro atoms. The maximum absolute atomic E-state index is 12.3. The van der Waals surface area contributed by atoms with Gasteiger partial charge in [0.05, 0.1) is 17.8 Å². The zero-order valence-electron chi connectivity index (χ0n) is 7.17. The molecule has 2 rings (SSSR count). The minimum absolute atomic E-state index is 0.533. The fourth-order valence-electron chi connectivity index (χ4n) is 1.34. The Morgan fingerprint density at radius 2 is 2.00 bits per heavy atom. The smallest absolute Gasteiger partial charge is 0.281 e. The highest BCUT2D eigenvalue weighted by Gasteiger charge is 2.30. The van der Waals surface area contributed by atoms with E-state index in [1.54, 1.807) is 12.2 Å². The van der Waals surface area contributed by atoms with Crippen LogP contribution < -0.4 is 5.32 Å². The van der Waals surface area contributed by atoms with E-state index in [4.69, 9.17) is 0 Å². The van der Waals surface area contributed by atoms with Crippen LogP contribution in [0.2, 0.25) is 0 Å². The van der Waals surface area contributed by atoms with E-state index in [9.17, 15) is 13.2 Å². The number of fused-ring (bicyclic) bond motifs is 1. The SMILES string of the molecule is FC(F)(F)c1ccc2c(c1)C=CC[N]2. The number of alkyl halides is 3. The monoisotopic (exact) mass is 198 g/mol. The minimum Gasteiger partial charge on any atom is -0.281 e. The van der Waals surface area contributed by atoms with Gasteiger partial charge in [0.15, 0.2) is 0 Å². The molecule has 4 heteroatoms. The summed E-state index contributed by atoms with van der Waals surface area (Å²) in [4.78, 5) is 0. The van der Waals surface area contributed by atoms with Crippen molar-refractivity contribution in [3.63, 3.8) is 0 Å². The van der Waals surface area contributed by atoms with Crippen LogP contribution in [-0.2, 0) is 6.18 Å². The highest BCUT2D eigenvalue weighted by atomic mass is 19.4. The second kappa shape index (κ2) is 3.04. The average molecular weight is 198 g/mol. The van der Waals surface area contributed by atoms with Gasteiger partial charge in [-0.05, 0) is 18.2 Å². The van der Waals surface area contributed by atoms with Crippen molar-refractivity contribution in [2.75, 3.05) is 6.54 Å². The van der Waals surface area contributed by atoms with E-state index in [1.807, 2.05) is 0 Å². The van der Waals surface area contributed by atoms with Crippen molar-refractivity contribution >= 4 is 11.8 Å². The standard InChI is InChI=1S/C10H7F3N/c11-10(12,13)8-3-4-9-7(6-8)2-1-5-14-9/h1-4,6H,5H2. The Labute approximate surface area is 79.2 Å². The first-order valence-corrected chi connectivity index (χ1v) is 4.13. The third-order valence-corrected chi connectivity index (χ3v) is 2.02. The van der Waals surface area contributed by atoms with Gasteiger partial charge in [-0.25, -0.2) is 0 Å². The number of nitrogens with zero attached hydrogens (tertiary/aromatic N) is 1. The number of rotatable bonds is 0. The lowest BCUT2D eigenvalue weighted by Crippen LogP contribution is -2.08. The molecular formula is C10H7F3N. The van der Waals surface area contributed by atoms with Crippen molar-refractivity contribution in [3.8, 4) is 0 Å². The molecule has 0 amide bonds. The summed E-state index contributed by atoms with van der Waals surface area (Å²) in [7, 11) is 0. The summed E-state index contributed by atoms with van der Waals surface area (Å²) in [6.45, 7) is 0.540. The number of hydrogen-bond donors (Lipinski definition) is 0. The first-order valence-electron chi connectivity index (χ1n) is 4.13. The summed E-state index contributed by atoms with van der Waals surface area (Å²) >= 11 is 0. The molecule has 0 bridgehead atoms. The summed E-state index contributed by atoms with van der Waals surface area (Å²) in [6.07, 6.45) is -0.875. The Morgan fingerprint density at radius 3 is 2.71 bits per heavy atom. The Kier molecular flexibility index (Phi) is 1.98. The summed E-state index contributed by atoms with van der Waals surface area (Å²) in [5, 5.41) is 4.06. The molecule has 0 N–H and O–H groups in total. The molecule has 0 aromatic heterocycles. The molecule has 0 saturated carbocycles. The van der Waals surface area contributed by atoms with Gasteiger partial charge in [0.1, 0.15) is 0 Å². The third-order valence-electron chi connectivity index (χ3n) is 2.02. The number of hydrogen-bond acceptors (Lipinski definition) is 0. The van der Waals surface area contributed by atoms with Crippen LogP contribution in [0.3, 0.4) is 0 Å².